The lowest BCUT2D eigenvalue weighted by molar-refractivity contribution is 0.0686. The van der Waals surface area contributed by atoms with E-state index in [1.54, 1.807) is 5.54 Å². The summed E-state index contributed by atoms with van der Waals surface area (Å²) in [6, 6.07) is 0.612. The van der Waals surface area contributed by atoms with Crippen molar-refractivity contribution in [3.05, 3.63) is 11.1 Å². The van der Waals surface area contributed by atoms with Crippen LogP contribution in [0.15, 0.2) is 11.1 Å². The molecule has 1 aliphatic heterocycles. The van der Waals surface area contributed by atoms with E-state index in [0.29, 0.717) is 12.0 Å². The maximum absolute atomic E-state index is 5.80. The van der Waals surface area contributed by atoms with Crippen LogP contribution in [0, 0.1) is 5.92 Å². The smallest absolute Gasteiger partial charge is 0.0278 e. The fraction of sp³-hybridized carbons (Fsp3) is 0.857. The van der Waals surface area contributed by atoms with Crippen LogP contribution in [0.3, 0.4) is 0 Å². The molecule has 17 heavy (non-hydrogen) atoms. The normalized spacial score (nSPS) is 32.2. The minimum absolute atomic E-state index is 0.248. The van der Waals surface area contributed by atoms with E-state index in [2.05, 4.69) is 44.8 Å². The molecular formula is C14H27ClN2. The van der Waals surface area contributed by atoms with Gasteiger partial charge in [-0.05, 0) is 31.8 Å². The quantitative estimate of drug-likeness (QED) is 0.833. The maximum atomic E-state index is 5.80. The van der Waals surface area contributed by atoms with Gasteiger partial charge >= 0.3 is 0 Å². The highest BCUT2D eigenvalue weighted by Crippen LogP contribution is 2.23. The van der Waals surface area contributed by atoms with Gasteiger partial charge in [-0.3, -0.25) is 4.90 Å². The van der Waals surface area contributed by atoms with Crippen molar-refractivity contribution in [2.24, 2.45) is 5.92 Å². The van der Waals surface area contributed by atoms with E-state index in [4.69, 9.17) is 11.6 Å². The molecule has 0 aliphatic carbocycles. The van der Waals surface area contributed by atoms with Crippen molar-refractivity contribution in [3.63, 3.8) is 0 Å². The molecule has 3 heteroatoms. The second kappa shape index (κ2) is 6.21. The van der Waals surface area contributed by atoms with Gasteiger partial charge in [0.15, 0.2) is 0 Å². The van der Waals surface area contributed by atoms with Gasteiger partial charge in [-0.2, -0.15) is 0 Å². The zero-order valence-corrected chi connectivity index (χ0v) is 12.6. The number of hydrogen-bond acceptors (Lipinski definition) is 2. The second-order valence-electron chi connectivity index (χ2n) is 5.97. The van der Waals surface area contributed by atoms with E-state index < -0.39 is 0 Å². The third kappa shape index (κ3) is 3.97. The van der Waals surface area contributed by atoms with Crippen LogP contribution >= 0.6 is 11.6 Å². The monoisotopic (exact) mass is 258 g/mol. The molecule has 1 rings (SSSR count). The van der Waals surface area contributed by atoms with E-state index in [-0.39, 0.29) is 5.54 Å². The molecule has 0 spiro atoms. The van der Waals surface area contributed by atoms with Gasteiger partial charge in [0.25, 0.3) is 0 Å². The third-order valence-electron chi connectivity index (χ3n) is 3.95. The molecule has 100 valence electrons. The number of halogens is 1. The minimum atomic E-state index is 0.248. The first-order valence-corrected chi connectivity index (χ1v) is 7.10. The molecule has 0 aromatic carbocycles. The van der Waals surface area contributed by atoms with Crippen LogP contribution in [0.4, 0.5) is 0 Å². The van der Waals surface area contributed by atoms with Gasteiger partial charge in [0.1, 0.15) is 0 Å². The molecule has 2 unspecified atom stereocenters. The molecule has 1 N–H and O–H groups in total. The molecular weight excluding hydrogens is 232 g/mol. The summed E-state index contributed by atoms with van der Waals surface area (Å²) in [5, 5.41) is 3.70. The minimum Gasteiger partial charge on any atom is -0.309 e. The Kier molecular flexibility index (Phi) is 5.49. The summed E-state index contributed by atoms with van der Waals surface area (Å²) in [5.74, 6) is 0.673. The van der Waals surface area contributed by atoms with Gasteiger partial charge in [0.05, 0.1) is 0 Å². The Morgan fingerprint density at radius 2 is 2.24 bits per heavy atom. The molecule has 2 atom stereocenters. The highest BCUT2D eigenvalue weighted by molar-refractivity contribution is 6.25. The molecule has 0 bridgehead atoms. The number of hydrogen-bond donors (Lipinski definition) is 1. The van der Waals surface area contributed by atoms with E-state index in [1.165, 1.54) is 5.57 Å². The van der Waals surface area contributed by atoms with Gasteiger partial charge in [-0.15, -0.1) is 0 Å². The van der Waals surface area contributed by atoms with Crippen LogP contribution in [0.5, 0.6) is 0 Å². The van der Waals surface area contributed by atoms with Crippen LogP contribution < -0.4 is 5.32 Å². The molecule has 1 aliphatic rings. The summed E-state index contributed by atoms with van der Waals surface area (Å²) < 4.78 is 0. The van der Waals surface area contributed by atoms with E-state index in [0.717, 1.165) is 26.1 Å². The van der Waals surface area contributed by atoms with Gasteiger partial charge in [0.2, 0.25) is 0 Å². The Balaban J connectivity index is 2.76. The Morgan fingerprint density at radius 3 is 2.71 bits per heavy atom. The predicted molar refractivity (Wildman–Crippen MR) is 76.5 cm³/mol. The summed E-state index contributed by atoms with van der Waals surface area (Å²) >= 11 is 5.80. The van der Waals surface area contributed by atoms with Gasteiger partial charge < -0.3 is 5.32 Å². The lowest BCUT2D eigenvalue weighted by Crippen LogP contribution is -2.64. The fourth-order valence-corrected chi connectivity index (χ4v) is 2.59. The topological polar surface area (TPSA) is 15.3 Å². The first kappa shape index (κ1) is 15.0. The van der Waals surface area contributed by atoms with Crippen LogP contribution in [0.1, 0.15) is 41.0 Å². The molecule has 0 amide bonds. The first-order chi connectivity index (χ1) is 7.91. The molecule has 1 fully saturated rings. The first-order valence-electron chi connectivity index (χ1n) is 6.67. The number of piperazine rings is 1. The molecule has 0 saturated carbocycles. The van der Waals surface area contributed by atoms with E-state index in [1.807, 2.05) is 0 Å². The van der Waals surface area contributed by atoms with Crippen LogP contribution in [-0.4, -0.2) is 36.1 Å². The van der Waals surface area contributed by atoms with Gasteiger partial charge in [-0.1, -0.05) is 32.4 Å². The van der Waals surface area contributed by atoms with Crippen molar-refractivity contribution in [2.75, 3.05) is 19.6 Å². The van der Waals surface area contributed by atoms with Crippen molar-refractivity contribution in [2.45, 2.75) is 52.6 Å². The van der Waals surface area contributed by atoms with Crippen LogP contribution in [0.2, 0.25) is 0 Å². The lowest BCUT2D eigenvalue weighted by atomic mass is 9.89. The summed E-state index contributed by atoms with van der Waals surface area (Å²) in [4.78, 5) is 2.58. The second-order valence-corrected chi connectivity index (χ2v) is 6.19. The largest absolute Gasteiger partial charge is 0.309 e. The Labute approximate surface area is 111 Å². The van der Waals surface area contributed by atoms with Crippen molar-refractivity contribution in [3.8, 4) is 0 Å². The van der Waals surface area contributed by atoms with Gasteiger partial charge in [0, 0.05) is 36.8 Å². The van der Waals surface area contributed by atoms with Crippen LogP contribution in [-0.2, 0) is 0 Å². The number of nitrogens with zero attached hydrogens (tertiary/aromatic N) is 1. The zero-order chi connectivity index (χ0) is 13.1. The summed E-state index contributed by atoms with van der Waals surface area (Å²) in [6.07, 6.45) is 1.16. The van der Waals surface area contributed by atoms with Crippen LogP contribution in [0.25, 0.3) is 0 Å². The molecule has 1 heterocycles. The summed E-state index contributed by atoms with van der Waals surface area (Å²) in [7, 11) is 0. The third-order valence-corrected chi connectivity index (χ3v) is 4.32. The Hall–Kier alpha value is -0.0500. The highest BCUT2D eigenvalue weighted by Gasteiger charge is 2.35. The fourth-order valence-electron chi connectivity index (χ4n) is 2.52. The van der Waals surface area contributed by atoms with Gasteiger partial charge in [-0.25, -0.2) is 0 Å². The van der Waals surface area contributed by atoms with E-state index in [9.17, 15) is 0 Å². The van der Waals surface area contributed by atoms with Crippen molar-refractivity contribution < 1.29 is 0 Å². The zero-order valence-electron chi connectivity index (χ0n) is 11.9. The summed E-state index contributed by atoms with van der Waals surface area (Å²) in [5.41, 5.74) is 3.21. The van der Waals surface area contributed by atoms with Crippen molar-refractivity contribution in [1.82, 2.24) is 10.2 Å². The van der Waals surface area contributed by atoms with Crippen molar-refractivity contribution in [1.29, 1.82) is 0 Å². The molecule has 0 aromatic heterocycles. The molecule has 0 radical (unpaired) electrons. The average molecular weight is 259 g/mol. The Bertz CT molecular complexity index is 275. The number of nitrogens with one attached hydrogen (secondary N) is 1. The molecule has 1 saturated heterocycles. The van der Waals surface area contributed by atoms with Crippen molar-refractivity contribution >= 4 is 11.6 Å². The Morgan fingerprint density at radius 1 is 1.59 bits per heavy atom. The van der Waals surface area contributed by atoms with E-state index >= 15 is 0 Å². The predicted octanol–water partition coefficient (Wildman–Crippen LogP) is 3.23. The lowest BCUT2D eigenvalue weighted by Gasteiger charge is -2.47. The standard InChI is InChI=1S/C14H27ClN2/c1-6-14(5)10-17(9-12(4)7-15)13(8-16-14)11(2)3/h7,11,13,16H,6,8-10H2,1-5H3. The highest BCUT2D eigenvalue weighted by atomic mass is 35.5. The molecule has 0 aromatic rings. The average Bonchev–Trinajstić information content (AvgIpc) is 2.28. The molecule has 2 nitrogen and oxygen atoms in total. The summed E-state index contributed by atoms with van der Waals surface area (Å²) in [6.45, 7) is 14.5. The maximum Gasteiger partial charge on any atom is 0.0278 e. The SMILES string of the molecule is CCC1(C)CN(CC(C)=CCl)C(C(C)C)CN1. The number of rotatable bonds is 4.